The maximum atomic E-state index is 10.9. The molecule has 0 radical (unpaired) electrons. The molecule has 1 saturated heterocycles. The summed E-state index contributed by atoms with van der Waals surface area (Å²) in [5, 5.41) is 16.1. The van der Waals surface area contributed by atoms with Gasteiger partial charge in [-0.1, -0.05) is 25.4 Å². The first-order valence-electron chi connectivity index (χ1n) is 7.61. The fourth-order valence-corrected chi connectivity index (χ4v) is 3.26. The third-order valence-corrected chi connectivity index (χ3v) is 4.61. The monoisotopic (exact) mass is 300 g/mol. The molecule has 2 rings (SSSR count). The molecule has 0 bridgehead atoms. The summed E-state index contributed by atoms with van der Waals surface area (Å²) in [5.74, 6) is 0. The number of nitrogens with zero attached hydrogens (tertiary/aromatic N) is 2. The highest BCUT2D eigenvalue weighted by molar-refractivity contribution is 6.31. The first-order chi connectivity index (χ1) is 9.53. The summed E-state index contributed by atoms with van der Waals surface area (Å²) in [7, 11) is 0. The van der Waals surface area contributed by atoms with E-state index in [9.17, 15) is 5.11 Å². The minimum Gasteiger partial charge on any atom is -0.389 e. The van der Waals surface area contributed by atoms with Crippen molar-refractivity contribution in [3.05, 3.63) is 16.4 Å². The Balaban J connectivity index is 2.22. The van der Waals surface area contributed by atoms with Crippen LogP contribution in [0.5, 0.6) is 0 Å². The minimum absolute atomic E-state index is 0.149. The van der Waals surface area contributed by atoms with Crippen LogP contribution in [-0.4, -0.2) is 33.2 Å². The number of halogens is 1. The molecule has 4 nitrogen and oxygen atoms in total. The molecule has 2 heterocycles. The number of hydrogen-bond donors (Lipinski definition) is 1. The van der Waals surface area contributed by atoms with Crippen LogP contribution in [0.2, 0.25) is 5.02 Å². The zero-order chi connectivity index (χ0) is 14.8. The van der Waals surface area contributed by atoms with E-state index in [1.165, 1.54) is 0 Å². The third-order valence-electron chi connectivity index (χ3n) is 4.17. The van der Waals surface area contributed by atoms with Gasteiger partial charge in [0.1, 0.15) is 0 Å². The van der Waals surface area contributed by atoms with Gasteiger partial charge in [0.15, 0.2) is 0 Å². The van der Waals surface area contributed by atoms with Gasteiger partial charge in [0.05, 0.1) is 28.1 Å². The van der Waals surface area contributed by atoms with Crippen molar-refractivity contribution in [3.63, 3.8) is 0 Å². The maximum Gasteiger partial charge on any atom is 0.0850 e. The minimum atomic E-state index is -0.722. The van der Waals surface area contributed by atoms with Crippen LogP contribution in [-0.2, 0) is 24.1 Å². The predicted molar refractivity (Wildman–Crippen MR) is 80.2 cm³/mol. The van der Waals surface area contributed by atoms with Gasteiger partial charge in [-0.05, 0) is 26.2 Å². The zero-order valence-corrected chi connectivity index (χ0v) is 13.4. The van der Waals surface area contributed by atoms with Crippen molar-refractivity contribution in [1.82, 2.24) is 9.78 Å². The molecule has 1 fully saturated rings. The average Bonchev–Trinajstić information content (AvgIpc) is 2.74. The second-order valence-corrected chi connectivity index (χ2v) is 6.01. The molecule has 1 aliphatic heterocycles. The van der Waals surface area contributed by atoms with Gasteiger partial charge >= 0.3 is 0 Å². The van der Waals surface area contributed by atoms with Crippen LogP contribution in [0.4, 0.5) is 0 Å². The largest absolute Gasteiger partial charge is 0.389 e. The van der Waals surface area contributed by atoms with Gasteiger partial charge in [-0.3, -0.25) is 4.68 Å². The second kappa shape index (κ2) is 6.46. The van der Waals surface area contributed by atoms with E-state index in [1.807, 2.05) is 11.6 Å². The van der Waals surface area contributed by atoms with Crippen molar-refractivity contribution in [1.29, 1.82) is 0 Å². The van der Waals surface area contributed by atoms with Crippen molar-refractivity contribution in [2.45, 2.75) is 71.1 Å². The Labute approximate surface area is 126 Å². The lowest BCUT2D eigenvalue weighted by Crippen LogP contribution is -2.42. The van der Waals surface area contributed by atoms with Gasteiger partial charge in [-0.15, -0.1) is 0 Å². The Morgan fingerprint density at radius 2 is 2.20 bits per heavy atom. The summed E-state index contributed by atoms with van der Waals surface area (Å²) in [5.41, 5.74) is 1.16. The molecule has 1 N–H and O–H groups in total. The predicted octanol–water partition coefficient (Wildman–Crippen LogP) is 2.98. The molecule has 0 saturated carbocycles. The Morgan fingerprint density at radius 1 is 1.45 bits per heavy atom. The van der Waals surface area contributed by atoms with Crippen LogP contribution in [0.3, 0.4) is 0 Å². The van der Waals surface area contributed by atoms with Crippen molar-refractivity contribution < 1.29 is 9.84 Å². The first-order valence-corrected chi connectivity index (χ1v) is 7.98. The van der Waals surface area contributed by atoms with Crippen LogP contribution in [0.25, 0.3) is 0 Å². The summed E-state index contributed by atoms with van der Waals surface area (Å²) in [6, 6.07) is 0. The summed E-state index contributed by atoms with van der Waals surface area (Å²) in [6.45, 7) is 7.59. The molecule has 0 spiro atoms. The van der Waals surface area contributed by atoms with E-state index in [1.54, 1.807) is 0 Å². The van der Waals surface area contributed by atoms with Crippen LogP contribution in [0.1, 0.15) is 51.4 Å². The van der Waals surface area contributed by atoms with E-state index in [-0.39, 0.29) is 6.10 Å². The Morgan fingerprint density at radius 3 is 2.80 bits per heavy atom. The highest BCUT2D eigenvalue weighted by Crippen LogP contribution is 2.33. The molecule has 1 aliphatic rings. The molecule has 1 aromatic rings. The Kier molecular flexibility index (Phi) is 5.10. The second-order valence-electron chi connectivity index (χ2n) is 5.63. The third kappa shape index (κ3) is 3.18. The van der Waals surface area contributed by atoms with E-state index >= 15 is 0 Å². The number of ether oxygens (including phenoxy) is 1. The zero-order valence-electron chi connectivity index (χ0n) is 12.7. The van der Waals surface area contributed by atoms with E-state index in [0.29, 0.717) is 25.9 Å². The van der Waals surface area contributed by atoms with Crippen LogP contribution in [0, 0.1) is 0 Å². The fourth-order valence-electron chi connectivity index (χ4n) is 2.92. The summed E-state index contributed by atoms with van der Waals surface area (Å²) in [6.07, 6.45) is 3.80. The van der Waals surface area contributed by atoms with Gasteiger partial charge in [0.2, 0.25) is 0 Å². The van der Waals surface area contributed by atoms with Crippen molar-refractivity contribution in [3.8, 4) is 0 Å². The molecule has 2 unspecified atom stereocenters. The Hall–Kier alpha value is -0.580. The number of aliphatic hydroxyl groups is 1. The molecule has 0 amide bonds. The van der Waals surface area contributed by atoms with Crippen LogP contribution < -0.4 is 0 Å². The smallest absolute Gasteiger partial charge is 0.0850 e. The molecule has 1 aromatic heterocycles. The lowest BCUT2D eigenvalue weighted by atomic mass is 9.85. The number of aryl methyl sites for hydroxylation is 2. The quantitative estimate of drug-likeness (QED) is 0.909. The number of aromatic nitrogens is 2. The molecular formula is C15H25ClN2O2. The van der Waals surface area contributed by atoms with Gasteiger partial charge in [0, 0.05) is 26.0 Å². The highest BCUT2D eigenvalue weighted by Gasteiger charge is 2.36. The Bertz CT molecular complexity index is 461. The van der Waals surface area contributed by atoms with E-state index in [4.69, 9.17) is 16.3 Å². The van der Waals surface area contributed by atoms with E-state index < -0.39 is 5.60 Å². The van der Waals surface area contributed by atoms with Gasteiger partial charge < -0.3 is 9.84 Å². The molecule has 2 atom stereocenters. The molecule has 0 aliphatic carbocycles. The highest BCUT2D eigenvalue weighted by atomic mass is 35.5. The van der Waals surface area contributed by atoms with Gasteiger partial charge in [-0.2, -0.15) is 5.10 Å². The molecule has 5 heteroatoms. The summed E-state index contributed by atoms with van der Waals surface area (Å²) >= 11 is 6.43. The SMILES string of the molecule is CCc1nn(CC)c(CC2(O)CCOC(CC)C2)c1Cl. The standard InChI is InChI=1S/C15H25ClN2O2/c1-4-11-9-15(19,7-8-20-11)10-13-14(16)12(5-2)17-18(13)6-3/h11,19H,4-10H2,1-3H3. The lowest BCUT2D eigenvalue weighted by Gasteiger charge is -2.36. The molecule has 20 heavy (non-hydrogen) atoms. The lowest BCUT2D eigenvalue weighted by molar-refractivity contribution is -0.104. The van der Waals surface area contributed by atoms with E-state index in [2.05, 4.69) is 18.9 Å². The molecule has 114 valence electrons. The van der Waals surface area contributed by atoms with Gasteiger partial charge in [-0.25, -0.2) is 0 Å². The van der Waals surface area contributed by atoms with Crippen molar-refractivity contribution in [2.75, 3.05) is 6.61 Å². The van der Waals surface area contributed by atoms with E-state index in [0.717, 1.165) is 35.8 Å². The topological polar surface area (TPSA) is 47.3 Å². The number of hydrogen-bond acceptors (Lipinski definition) is 3. The average molecular weight is 301 g/mol. The van der Waals surface area contributed by atoms with Crippen LogP contribution in [0.15, 0.2) is 0 Å². The van der Waals surface area contributed by atoms with Crippen molar-refractivity contribution >= 4 is 11.6 Å². The summed E-state index contributed by atoms with van der Waals surface area (Å²) in [4.78, 5) is 0. The fraction of sp³-hybridized carbons (Fsp3) is 0.800. The summed E-state index contributed by atoms with van der Waals surface area (Å²) < 4.78 is 7.58. The molecular weight excluding hydrogens is 276 g/mol. The normalized spacial score (nSPS) is 26.9. The number of rotatable bonds is 5. The van der Waals surface area contributed by atoms with Gasteiger partial charge in [0.25, 0.3) is 0 Å². The van der Waals surface area contributed by atoms with Crippen LogP contribution >= 0.6 is 11.6 Å². The van der Waals surface area contributed by atoms with Crippen molar-refractivity contribution in [2.24, 2.45) is 0 Å². The molecule has 0 aromatic carbocycles. The maximum absolute atomic E-state index is 10.9. The first kappa shape index (κ1) is 15.8.